The quantitative estimate of drug-likeness (QED) is 0.800. The number of benzene rings is 2. The summed E-state index contributed by atoms with van der Waals surface area (Å²) in [6.45, 7) is 6.23. The number of esters is 1. The molecule has 1 heterocycles. The normalized spacial score (nSPS) is 14.6. The summed E-state index contributed by atoms with van der Waals surface area (Å²) in [5.41, 5.74) is 4.70. The number of amides is 1. The molecule has 0 spiro atoms. The fraction of sp³-hybridized carbons (Fsp3) is 0.333. The van der Waals surface area contributed by atoms with Gasteiger partial charge in [-0.3, -0.25) is 4.79 Å². The lowest BCUT2D eigenvalue weighted by molar-refractivity contribution is -0.126. The van der Waals surface area contributed by atoms with Crippen LogP contribution >= 0.6 is 0 Å². The number of para-hydroxylation sites is 1. The molecule has 1 atom stereocenters. The van der Waals surface area contributed by atoms with Crippen molar-refractivity contribution in [1.29, 1.82) is 0 Å². The molecule has 3 rings (SSSR count). The Kier molecular flexibility index (Phi) is 4.88. The van der Waals surface area contributed by atoms with Gasteiger partial charge in [0.15, 0.2) is 6.10 Å². The highest BCUT2D eigenvalue weighted by atomic mass is 16.5. The molecule has 0 unspecified atom stereocenters. The smallest absolute Gasteiger partial charge is 0.338 e. The van der Waals surface area contributed by atoms with Crippen LogP contribution < -0.4 is 4.90 Å². The van der Waals surface area contributed by atoms with E-state index in [1.807, 2.05) is 44.2 Å². The van der Waals surface area contributed by atoms with Crippen molar-refractivity contribution in [2.75, 3.05) is 11.4 Å². The molecule has 0 saturated carbocycles. The van der Waals surface area contributed by atoms with E-state index in [9.17, 15) is 9.59 Å². The Balaban J connectivity index is 1.73. The summed E-state index contributed by atoms with van der Waals surface area (Å²) in [7, 11) is 0. The lowest BCUT2D eigenvalue weighted by atomic mass is 10.0. The van der Waals surface area contributed by atoms with Gasteiger partial charge < -0.3 is 9.64 Å². The molecule has 1 amide bonds. The largest absolute Gasteiger partial charge is 0.449 e. The Morgan fingerprint density at radius 3 is 2.60 bits per heavy atom. The van der Waals surface area contributed by atoms with Gasteiger partial charge in [-0.15, -0.1) is 0 Å². The van der Waals surface area contributed by atoms with Gasteiger partial charge in [0.05, 0.1) is 5.56 Å². The van der Waals surface area contributed by atoms with E-state index in [0.717, 1.165) is 35.2 Å². The third kappa shape index (κ3) is 3.58. The minimum atomic E-state index is -0.819. The third-order valence-corrected chi connectivity index (χ3v) is 4.75. The van der Waals surface area contributed by atoms with Crippen LogP contribution in [0.1, 0.15) is 40.4 Å². The molecule has 0 N–H and O–H groups in total. The number of fused-ring (bicyclic) bond motifs is 1. The Labute approximate surface area is 148 Å². The van der Waals surface area contributed by atoms with Crippen molar-refractivity contribution < 1.29 is 14.3 Å². The van der Waals surface area contributed by atoms with Crippen LogP contribution in [-0.2, 0) is 16.0 Å². The van der Waals surface area contributed by atoms with Crippen molar-refractivity contribution in [3.8, 4) is 0 Å². The second-order valence-electron chi connectivity index (χ2n) is 6.57. The van der Waals surface area contributed by atoms with E-state index in [1.54, 1.807) is 24.0 Å². The predicted molar refractivity (Wildman–Crippen MR) is 97.9 cm³/mol. The number of anilines is 1. The first-order chi connectivity index (χ1) is 12.0. The second-order valence-corrected chi connectivity index (χ2v) is 6.57. The fourth-order valence-corrected chi connectivity index (χ4v) is 3.13. The topological polar surface area (TPSA) is 46.6 Å². The van der Waals surface area contributed by atoms with Gasteiger partial charge in [0.1, 0.15) is 0 Å². The Hall–Kier alpha value is -2.62. The summed E-state index contributed by atoms with van der Waals surface area (Å²) in [4.78, 5) is 26.9. The minimum Gasteiger partial charge on any atom is -0.449 e. The van der Waals surface area contributed by atoms with E-state index in [-0.39, 0.29) is 5.91 Å². The van der Waals surface area contributed by atoms with Crippen LogP contribution in [-0.4, -0.2) is 24.5 Å². The van der Waals surface area contributed by atoms with Gasteiger partial charge in [-0.2, -0.15) is 0 Å². The number of aryl methyl sites for hydroxylation is 3. The van der Waals surface area contributed by atoms with Crippen LogP contribution in [0.25, 0.3) is 0 Å². The van der Waals surface area contributed by atoms with E-state index >= 15 is 0 Å². The zero-order valence-corrected chi connectivity index (χ0v) is 14.9. The maximum absolute atomic E-state index is 12.8. The SMILES string of the molecule is Cc1ccc(C(=O)O[C@@H](C)C(=O)N2CCCc3ccccc32)cc1C. The number of nitrogens with zero attached hydrogens (tertiary/aromatic N) is 1. The van der Waals surface area contributed by atoms with Crippen molar-refractivity contribution in [3.05, 3.63) is 64.7 Å². The van der Waals surface area contributed by atoms with Crippen LogP contribution in [0.3, 0.4) is 0 Å². The average Bonchev–Trinajstić information content (AvgIpc) is 2.62. The van der Waals surface area contributed by atoms with Gasteiger partial charge in [0.2, 0.25) is 0 Å². The maximum Gasteiger partial charge on any atom is 0.338 e. The molecule has 0 saturated heterocycles. The Bertz CT molecular complexity index is 813. The zero-order chi connectivity index (χ0) is 18.0. The van der Waals surface area contributed by atoms with Gasteiger partial charge >= 0.3 is 5.97 Å². The van der Waals surface area contributed by atoms with Crippen LogP contribution in [0, 0.1) is 13.8 Å². The van der Waals surface area contributed by atoms with Crippen molar-refractivity contribution in [2.45, 2.75) is 39.7 Å². The molecule has 0 radical (unpaired) electrons. The lowest BCUT2D eigenvalue weighted by Crippen LogP contribution is -2.42. The van der Waals surface area contributed by atoms with E-state index in [0.29, 0.717) is 12.1 Å². The molecule has 25 heavy (non-hydrogen) atoms. The molecule has 1 aliphatic heterocycles. The summed E-state index contributed by atoms with van der Waals surface area (Å²) in [5.74, 6) is -0.640. The number of ether oxygens (including phenoxy) is 1. The van der Waals surface area contributed by atoms with Crippen molar-refractivity contribution in [2.24, 2.45) is 0 Å². The van der Waals surface area contributed by atoms with Crippen molar-refractivity contribution >= 4 is 17.6 Å². The van der Waals surface area contributed by atoms with Gasteiger partial charge in [0, 0.05) is 12.2 Å². The van der Waals surface area contributed by atoms with Crippen LogP contribution in [0.5, 0.6) is 0 Å². The standard InChI is InChI=1S/C21H23NO3/c1-14-10-11-18(13-15(14)2)21(24)25-16(3)20(23)22-12-6-8-17-7-4-5-9-19(17)22/h4-5,7,9-11,13,16H,6,8,12H2,1-3H3/t16-/m0/s1. The average molecular weight is 337 g/mol. The van der Waals surface area contributed by atoms with Crippen LogP contribution in [0.15, 0.2) is 42.5 Å². The first kappa shape index (κ1) is 17.2. The van der Waals surface area contributed by atoms with Gasteiger partial charge in [0.25, 0.3) is 5.91 Å². The molecule has 4 heteroatoms. The number of rotatable bonds is 3. The highest BCUT2D eigenvalue weighted by Crippen LogP contribution is 2.27. The monoisotopic (exact) mass is 337 g/mol. The molecular formula is C21H23NO3. The predicted octanol–water partition coefficient (Wildman–Crippen LogP) is 3.83. The summed E-state index contributed by atoms with van der Waals surface area (Å²) in [5, 5.41) is 0. The molecule has 0 aliphatic carbocycles. The molecule has 0 fully saturated rings. The summed E-state index contributed by atoms with van der Waals surface area (Å²) in [6, 6.07) is 13.3. The first-order valence-corrected chi connectivity index (χ1v) is 8.65. The minimum absolute atomic E-state index is 0.177. The number of carbonyl (C=O) groups is 2. The van der Waals surface area contributed by atoms with Crippen LogP contribution in [0.4, 0.5) is 5.69 Å². The van der Waals surface area contributed by atoms with Gasteiger partial charge in [-0.25, -0.2) is 4.79 Å². The number of carbonyl (C=O) groups excluding carboxylic acids is 2. The summed E-state index contributed by atoms with van der Waals surface area (Å²) < 4.78 is 5.43. The number of hydrogen-bond acceptors (Lipinski definition) is 3. The first-order valence-electron chi connectivity index (χ1n) is 8.65. The number of hydrogen-bond donors (Lipinski definition) is 0. The molecule has 1 aliphatic rings. The molecule has 0 aromatic heterocycles. The summed E-state index contributed by atoms with van der Waals surface area (Å²) >= 11 is 0. The lowest BCUT2D eigenvalue weighted by Gasteiger charge is -2.31. The molecule has 0 bridgehead atoms. The van der Waals surface area contributed by atoms with Crippen LogP contribution in [0.2, 0.25) is 0 Å². The summed E-state index contributed by atoms with van der Waals surface area (Å²) in [6.07, 6.45) is 1.07. The highest BCUT2D eigenvalue weighted by Gasteiger charge is 2.28. The molecule has 2 aromatic rings. The molecular weight excluding hydrogens is 314 g/mol. The highest BCUT2D eigenvalue weighted by molar-refractivity contribution is 5.99. The Morgan fingerprint density at radius 2 is 1.84 bits per heavy atom. The molecule has 2 aromatic carbocycles. The molecule has 4 nitrogen and oxygen atoms in total. The van der Waals surface area contributed by atoms with E-state index in [4.69, 9.17) is 4.74 Å². The van der Waals surface area contributed by atoms with Gasteiger partial charge in [-0.05, 0) is 68.5 Å². The fourth-order valence-electron chi connectivity index (χ4n) is 3.13. The molecule has 130 valence electrons. The van der Waals surface area contributed by atoms with Crippen molar-refractivity contribution in [1.82, 2.24) is 0 Å². The second kappa shape index (κ2) is 7.09. The van der Waals surface area contributed by atoms with E-state index in [2.05, 4.69) is 0 Å². The van der Waals surface area contributed by atoms with E-state index < -0.39 is 12.1 Å². The van der Waals surface area contributed by atoms with E-state index in [1.165, 1.54) is 0 Å². The Morgan fingerprint density at radius 1 is 1.08 bits per heavy atom. The third-order valence-electron chi connectivity index (χ3n) is 4.75. The zero-order valence-electron chi connectivity index (χ0n) is 14.9. The van der Waals surface area contributed by atoms with Crippen molar-refractivity contribution in [3.63, 3.8) is 0 Å². The van der Waals surface area contributed by atoms with Gasteiger partial charge in [-0.1, -0.05) is 24.3 Å². The maximum atomic E-state index is 12.8.